The topological polar surface area (TPSA) is 46.2 Å². The van der Waals surface area contributed by atoms with Gasteiger partial charge in [-0.25, -0.2) is 8.42 Å². The molecular formula is C11H19NO2S. The molecular weight excluding hydrogens is 210 g/mol. The van der Waals surface area contributed by atoms with Gasteiger partial charge in [-0.1, -0.05) is 0 Å². The van der Waals surface area contributed by atoms with E-state index in [-0.39, 0.29) is 6.04 Å². The Balaban J connectivity index is 1.59. The van der Waals surface area contributed by atoms with E-state index in [0.717, 1.165) is 18.3 Å². The van der Waals surface area contributed by atoms with E-state index < -0.39 is 9.84 Å². The lowest BCUT2D eigenvalue weighted by molar-refractivity contribution is 0.375. The maximum atomic E-state index is 11.4. The first-order chi connectivity index (χ1) is 7.14. The largest absolute Gasteiger partial charge is 0.310 e. The molecule has 86 valence electrons. The molecule has 0 aromatic carbocycles. The van der Waals surface area contributed by atoms with Crippen molar-refractivity contribution in [2.45, 2.75) is 44.2 Å². The molecule has 1 aliphatic heterocycles. The first kappa shape index (κ1) is 10.1. The monoisotopic (exact) mass is 229 g/mol. The summed E-state index contributed by atoms with van der Waals surface area (Å²) in [7, 11) is -2.71. The van der Waals surface area contributed by atoms with Crippen molar-refractivity contribution < 1.29 is 8.42 Å². The van der Waals surface area contributed by atoms with Crippen LogP contribution in [-0.2, 0) is 9.84 Å². The van der Waals surface area contributed by atoms with Crippen molar-refractivity contribution in [2.24, 2.45) is 11.8 Å². The van der Waals surface area contributed by atoms with Gasteiger partial charge in [0.05, 0.1) is 11.5 Å². The summed E-state index contributed by atoms with van der Waals surface area (Å²) in [6.07, 6.45) is 6.25. The molecule has 0 aromatic heterocycles. The molecule has 1 unspecified atom stereocenters. The number of sulfone groups is 1. The lowest BCUT2D eigenvalue weighted by Gasteiger charge is -2.21. The van der Waals surface area contributed by atoms with Crippen LogP contribution in [0, 0.1) is 11.8 Å². The maximum Gasteiger partial charge on any atom is 0.151 e. The third kappa shape index (κ3) is 2.36. The predicted molar refractivity (Wildman–Crippen MR) is 59.4 cm³/mol. The summed E-state index contributed by atoms with van der Waals surface area (Å²) in [5.41, 5.74) is 0. The van der Waals surface area contributed by atoms with E-state index in [1.807, 2.05) is 0 Å². The van der Waals surface area contributed by atoms with Crippen molar-refractivity contribution in [1.29, 1.82) is 0 Å². The molecule has 0 aromatic rings. The molecule has 0 bridgehead atoms. The standard InChI is InChI=1S/C11H19NO2S/c13-15(14)6-5-10(7-15)12-11(8-1-2-8)9-3-4-9/h8-12H,1-7H2. The minimum Gasteiger partial charge on any atom is -0.310 e. The SMILES string of the molecule is O=S1(=O)CCC(NC(C2CC2)C2CC2)C1. The Kier molecular flexibility index (Phi) is 2.32. The summed E-state index contributed by atoms with van der Waals surface area (Å²) >= 11 is 0. The van der Waals surface area contributed by atoms with Crippen molar-refractivity contribution in [1.82, 2.24) is 5.32 Å². The van der Waals surface area contributed by atoms with Crippen LogP contribution >= 0.6 is 0 Å². The number of rotatable bonds is 4. The van der Waals surface area contributed by atoms with Crippen molar-refractivity contribution in [3.63, 3.8) is 0 Å². The predicted octanol–water partition coefficient (Wildman–Crippen LogP) is 0.952. The summed E-state index contributed by atoms with van der Waals surface area (Å²) in [5, 5.41) is 3.62. The van der Waals surface area contributed by atoms with Gasteiger partial charge in [-0.2, -0.15) is 0 Å². The molecule has 4 heteroatoms. The van der Waals surface area contributed by atoms with Gasteiger partial charge in [0.2, 0.25) is 0 Å². The third-order valence-electron chi connectivity index (χ3n) is 3.92. The molecule has 0 amide bonds. The third-order valence-corrected chi connectivity index (χ3v) is 5.69. The maximum absolute atomic E-state index is 11.4. The highest BCUT2D eigenvalue weighted by atomic mass is 32.2. The number of hydrogen-bond donors (Lipinski definition) is 1. The smallest absolute Gasteiger partial charge is 0.151 e. The second kappa shape index (κ2) is 3.45. The lowest BCUT2D eigenvalue weighted by atomic mass is 10.1. The highest BCUT2D eigenvalue weighted by molar-refractivity contribution is 7.91. The molecule has 15 heavy (non-hydrogen) atoms. The van der Waals surface area contributed by atoms with E-state index in [0.29, 0.717) is 17.5 Å². The average molecular weight is 229 g/mol. The van der Waals surface area contributed by atoms with E-state index in [2.05, 4.69) is 5.32 Å². The van der Waals surface area contributed by atoms with Crippen molar-refractivity contribution in [3.05, 3.63) is 0 Å². The van der Waals surface area contributed by atoms with Gasteiger partial charge >= 0.3 is 0 Å². The zero-order chi connectivity index (χ0) is 10.5. The molecule has 2 aliphatic carbocycles. The number of hydrogen-bond acceptors (Lipinski definition) is 3. The fourth-order valence-corrected chi connectivity index (χ4v) is 4.45. The molecule has 1 saturated heterocycles. The van der Waals surface area contributed by atoms with Gasteiger partial charge < -0.3 is 5.32 Å². The second-order valence-electron chi connectivity index (χ2n) is 5.47. The molecule has 3 nitrogen and oxygen atoms in total. The average Bonchev–Trinajstić information content (AvgIpc) is 3.02. The number of nitrogens with one attached hydrogen (secondary N) is 1. The highest BCUT2D eigenvalue weighted by Crippen LogP contribution is 2.44. The normalized spacial score (nSPS) is 34.9. The van der Waals surface area contributed by atoms with E-state index >= 15 is 0 Å². The molecule has 1 atom stereocenters. The van der Waals surface area contributed by atoms with Crippen LogP contribution in [0.2, 0.25) is 0 Å². The van der Waals surface area contributed by atoms with Gasteiger partial charge in [-0.05, 0) is 43.9 Å². The first-order valence-electron chi connectivity index (χ1n) is 6.10. The Morgan fingerprint density at radius 1 is 1.00 bits per heavy atom. The highest BCUT2D eigenvalue weighted by Gasteiger charge is 2.43. The van der Waals surface area contributed by atoms with Crippen LogP contribution in [-0.4, -0.2) is 32.0 Å². The van der Waals surface area contributed by atoms with Crippen LogP contribution in [0.3, 0.4) is 0 Å². The molecule has 3 rings (SSSR count). The Bertz CT molecular complexity index is 332. The molecule has 0 radical (unpaired) electrons. The zero-order valence-electron chi connectivity index (χ0n) is 8.98. The Morgan fingerprint density at radius 2 is 1.60 bits per heavy atom. The summed E-state index contributed by atoms with van der Waals surface area (Å²) in [5.74, 6) is 2.50. The van der Waals surface area contributed by atoms with Crippen molar-refractivity contribution >= 4 is 9.84 Å². The molecule has 1 N–H and O–H groups in total. The van der Waals surface area contributed by atoms with Gasteiger partial charge in [0.25, 0.3) is 0 Å². The quantitative estimate of drug-likeness (QED) is 0.781. The van der Waals surface area contributed by atoms with Crippen LogP contribution in [0.1, 0.15) is 32.1 Å². The van der Waals surface area contributed by atoms with E-state index in [1.54, 1.807) is 0 Å². The summed E-state index contributed by atoms with van der Waals surface area (Å²) < 4.78 is 22.7. The Labute approximate surface area is 91.5 Å². The molecule has 3 aliphatic rings. The van der Waals surface area contributed by atoms with E-state index in [1.165, 1.54) is 25.7 Å². The van der Waals surface area contributed by atoms with E-state index in [9.17, 15) is 8.42 Å². The fraction of sp³-hybridized carbons (Fsp3) is 1.00. The summed E-state index contributed by atoms with van der Waals surface area (Å²) in [6, 6.07) is 0.893. The fourth-order valence-electron chi connectivity index (χ4n) is 2.77. The van der Waals surface area contributed by atoms with Crippen LogP contribution < -0.4 is 5.32 Å². The van der Waals surface area contributed by atoms with E-state index in [4.69, 9.17) is 0 Å². The summed E-state index contributed by atoms with van der Waals surface area (Å²) in [4.78, 5) is 0. The van der Waals surface area contributed by atoms with Gasteiger partial charge in [-0.15, -0.1) is 0 Å². The second-order valence-corrected chi connectivity index (χ2v) is 7.70. The van der Waals surface area contributed by atoms with Crippen molar-refractivity contribution in [3.8, 4) is 0 Å². The van der Waals surface area contributed by atoms with Crippen LogP contribution in [0.25, 0.3) is 0 Å². The van der Waals surface area contributed by atoms with Crippen LogP contribution in [0.5, 0.6) is 0 Å². The molecule has 0 spiro atoms. The van der Waals surface area contributed by atoms with Gasteiger partial charge in [0.1, 0.15) is 0 Å². The minimum atomic E-state index is -2.71. The van der Waals surface area contributed by atoms with Gasteiger partial charge in [0.15, 0.2) is 9.84 Å². The Hall–Kier alpha value is -0.0900. The lowest BCUT2D eigenvalue weighted by Crippen LogP contribution is -2.41. The summed E-state index contributed by atoms with van der Waals surface area (Å²) in [6.45, 7) is 0. The first-order valence-corrected chi connectivity index (χ1v) is 7.93. The van der Waals surface area contributed by atoms with Crippen LogP contribution in [0.4, 0.5) is 0 Å². The van der Waals surface area contributed by atoms with Gasteiger partial charge in [-0.3, -0.25) is 0 Å². The zero-order valence-corrected chi connectivity index (χ0v) is 9.80. The van der Waals surface area contributed by atoms with Gasteiger partial charge in [0, 0.05) is 12.1 Å². The van der Waals surface area contributed by atoms with Crippen LogP contribution in [0.15, 0.2) is 0 Å². The molecule has 1 heterocycles. The molecule has 2 saturated carbocycles. The molecule has 3 fully saturated rings. The Morgan fingerprint density at radius 3 is 2.00 bits per heavy atom. The minimum absolute atomic E-state index is 0.251. The van der Waals surface area contributed by atoms with Crippen molar-refractivity contribution in [2.75, 3.05) is 11.5 Å².